The van der Waals surface area contributed by atoms with Gasteiger partial charge in [0.2, 0.25) is 11.9 Å². The van der Waals surface area contributed by atoms with Crippen LogP contribution in [0.2, 0.25) is 0 Å². The van der Waals surface area contributed by atoms with Crippen LogP contribution in [-0.4, -0.2) is 43.1 Å². The van der Waals surface area contributed by atoms with Gasteiger partial charge in [-0.3, -0.25) is 4.79 Å². The topological polar surface area (TPSA) is 108 Å². The molecule has 0 heterocycles. The molecule has 0 bridgehead atoms. The smallest absolute Gasteiger partial charge is 0.340 e. The minimum absolute atomic E-state index is 0.0156. The molecule has 0 saturated heterocycles. The third-order valence-corrected chi connectivity index (χ3v) is 3.42. The molecule has 3 N–H and O–H groups in total. The molecule has 120 valence electrons. The van der Waals surface area contributed by atoms with Gasteiger partial charge >= 0.3 is 11.9 Å². The van der Waals surface area contributed by atoms with Crippen LogP contribution in [0.25, 0.3) is 0 Å². The van der Waals surface area contributed by atoms with Crippen molar-refractivity contribution < 1.29 is 23.9 Å². The van der Waals surface area contributed by atoms with Gasteiger partial charge in [-0.15, -0.1) is 0 Å². The minimum atomic E-state index is -1.41. The quantitative estimate of drug-likeness (QED) is 0.532. The molecule has 1 aliphatic carbocycles. The number of ether oxygens (including phenoxy) is 2. The summed E-state index contributed by atoms with van der Waals surface area (Å²) in [4.78, 5) is 35.7. The van der Waals surface area contributed by atoms with Crippen molar-refractivity contribution in [1.29, 1.82) is 0 Å². The highest BCUT2D eigenvalue weighted by Gasteiger charge is 2.34. The Morgan fingerprint density at radius 2 is 1.71 bits per heavy atom. The molecule has 1 rings (SSSR count). The van der Waals surface area contributed by atoms with E-state index >= 15 is 0 Å². The summed E-state index contributed by atoms with van der Waals surface area (Å²) in [6.45, 7) is 3.50. The summed E-state index contributed by atoms with van der Waals surface area (Å²) in [5, 5.41) is 2.43. The first-order chi connectivity index (χ1) is 9.99. The van der Waals surface area contributed by atoms with Gasteiger partial charge in [0, 0.05) is 12.0 Å². The largest absolute Gasteiger partial charge is 0.464 e. The van der Waals surface area contributed by atoms with Gasteiger partial charge in [0.25, 0.3) is 0 Å². The molecule has 0 radical (unpaired) electrons. The maximum absolute atomic E-state index is 12.2. The Balaban J connectivity index is 2.68. The standard InChI is InChI=1S/C14H24N2O5/c1-3-20-13(18)11(14(19)21-4-2)16-12(17)9-6-5-7-10(15)8-9/h9-11H,3-8,15H2,1-2H3,(H,16,17). The molecule has 0 spiro atoms. The predicted octanol–water partition coefficient (Wildman–Crippen LogP) is 0.115. The second-order valence-electron chi connectivity index (χ2n) is 5.07. The summed E-state index contributed by atoms with van der Waals surface area (Å²) < 4.78 is 9.60. The molecule has 1 aliphatic rings. The summed E-state index contributed by atoms with van der Waals surface area (Å²) in [6, 6.07) is -1.42. The number of amides is 1. The van der Waals surface area contributed by atoms with Crippen molar-refractivity contribution in [3.63, 3.8) is 0 Å². The Morgan fingerprint density at radius 1 is 1.14 bits per heavy atom. The summed E-state index contributed by atoms with van der Waals surface area (Å²) >= 11 is 0. The van der Waals surface area contributed by atoms with Gasteiger partial charge < -0.3 is 20.5 Å². The Bertz CT molecular complexity index is 368. The molecule has 1 fully saturated rings. The van der Waals surface area contributed by atoms with E-state index in [0.29, 0.717) is 12.8 Å². The van der Waals surface area contributed by atoms with Crippen LogP contribution in [0.5, 0.6) is 0 Å². The van der Waals surface area contributed by atoms with E-state index in [-0.39, 0.29) is 31.1 Å². The summed E-state index contributed by atoms with van der Waals surface area (Å²) in [7, 11) is 0. The zero-order chi connectivity index (χ0) is 15.8. The van der Waals surface area contributed by atoms with Gasteiger partial charge in [-0.2, -0.15) is 0 Å². The number of hydrogen-bond acceptors (Lipinski definition) is 6. The van der Waals surface area contributed by atoms with Crippen molar-refractivity contribution in [2.75, 3.05) is 13.2 Å². The molecule has 0 aliphatic heterocycles. The maximum atomic E-state index is 12.2. The third-order valence-electron chi connectivity index (χ3n) is 3.42. The van der Waals surface area contributed by atoms with Crippen LogP contribution >= 0.6 is 0 Å². The fourth-order valence-electron chi connectivity index (χ4n) is 2.39. The van der Waals surface area contributed by atoms with Crippen LogP contribution in [0.15, 0.2) is 0 Å². The lowest BCUT2D eigenvalue weighted by Crippen LogP contribution is -2.51. The lowest BCUT2D eigenvalue weighted by molar-refractivity contribution is -0.160. The van der Waals surface area contributed by atoms with E-state index in [1.54, 1.807) is 13.8 Å². The number of nitrogens with one attached hydrogen (secondary N) is 1. The Kier molecular flexibility index (Phi) is 7.14. The lowest BCUT2D eigenvalue weighted by Gasteiger charge is -2.26. The number of nitrogens with two attached hydrogens (primary N) is 1. The second-order valence-corrected chi connectivity index (χ2v) is 5.07. The van der Waals surface area contributed by atoms with Crippen LogP contribution in [0.3, 0.4) is 0 Å². The molecular formula is C14H24N2O5. The Labute approximate surface area is 124 Å². The zero-order valence-electron chi connectivity index (χ0n) is 12.6. The lowest BCUT2D eigenvalue weighted by atomic mass is 9.85. The van der Waals surface area contributed by atoms with Crippen molar-refractivity contribution in [2.45, 2.75) is 51.6 Å². The van der Waals surface area contributed by atoms with E-state index in [1.165, 1.54) is 0 Å². The van der Waals surface area contributed by atoms with Gasteiger partial charge in [-0.05, 0) is 33.1 Å². The van der Waals surface area contributed by atoms with Gasteiger partial charge in [0.15, 0.2) is 0 Å². The predicted molar refractivity (Wildman–Crippen MR) is 75.1 cm³/mol. The monoisotopic (exact) mass is 300 g/mol. The van der Waals surface area contributed by atoms with E-state index < -0.39 is 18.0 Å². The molecule has 7 nitrogen and oxygen atoms in total. The fourth-order valence-corrected chi connectivity index (χ4v) is 2.39. The molecule has 7 heteroatoms. The van der Waals surface area contributed by atoms with Crippen molar-refractivity contribution in [2.24, 2.45) is 11.7 Å². The summed E-state index contributed by atoms with van der Waals surface area (Å²) in [5.41, 5.74) is 5.85. The average Bonchev–Trinajstić information content (AvgIpc) is 2.44. The summed E-state index contributed by atoms with van der Waals surface area (Å²) in [5.74, 6) is -2.23. The molecular weight excluding hydrogens is 276 g/mol. The Morgan fingerprint density at radius 3 is 2.19 bits per heavy atom. The SMILES string of the molecule is CCOC(=O)C(NC(=O)C1CCCC(N)C1)C(=O)OCC. The van der Waals surface area contributed by atoms with E-state index in [4.69, 9.17) is 15.2 Å². The van der Waals surface area contributed by atoms with E-state index in [9.17, 15) is 14.4 Å². The van der Waals surface area contributed by atoms with Crippen molar-refractivity contribution in [3.8, 4) is 0 Å². The number of carbonyl (C=O) groups is 3. The zero-order valence-corrected chi connectivity index (χ0v) is 12.6. The molecule has 0 aromatic rings. The minimum Gasteiger partial charge on any atom is -0.464 e. The molecule has 0 aromatic heterocycles. The molecule has 21 heavy (non-hydrogen) atoms. The average molecular weight is 300 g/mol. The van der Waals surface area contributed by atoms with Gasteiger partial charge in [0.05, 0.1) is 13.2 Å². The van der Waals surface area contributed by atoms with Gasteiger partial charge in [-0.1, -0.05) is 6.42 Å². The summed E-state index contributed by atoms with van der Waals surface area (Å²) in [6.07, 6.45) is 3.02. The first kappa shape index (κ1) is 17.4. The molecule has 0 aromatic carbocycles. The maximum Gasteiger partial charge on any atom is 0.340 e. The molecule has 1 amide bonds. The van der Waals surface area contributed by atoms with Crippen molar-refractivity contribution in [3.05, 3.63) is 0 Å². The number of carbonyl (C=O) groups excluding carboxylic acids is 3. The van der Waals surface area contributed by atoms with Crippen molar-refractivity contribution in [1.82, 2.24) is 5.32 Å². The van der Waals surface area contributed by atoms with Crippen LogP contribution in [0.1, 0.15) is 39.5 Å². The molecule has 1 saturated carbocycles. The van der Waals surface area contributed by atoms with Crippen molar-refractivity contribution >= 4 is 17.8 Å². The number of rotatable bonds is 6. The fraction of sp³-hybridized carbons (Fsp3) is 0.786. The third kappa shape index (κ3) is 5.34. The first-order valence-corrected chi connectivity index (χ1v) is 7.38. The van der Waals surface area contributed by atoms with Crippen LogP contribution in [0.4, 0.5) is 0 Å². The highest BCUT2D eigenvalue weighted by atomic mass is 16.6. The highest BCUT2D eigenvalue weighted by Crippen LogP contribution is 2.23. The normalized spacial score (nSPS) is 21.7. The van der Waals surface area contributed by atoms with Crippen LogP contribution in [-0.2, 0) is 23.9 Å². The van der Waals surface area contributed by atoms with Crippen LogP contribution in [0, 0.1) is 5.92 Å². The second kappa shape index (κ2) is 8.61. The van der Waals surface area contributed by atoms with Crippen LogP contribution < -0.4 is 11.1 Å². The molecule has 2 unspecified atom stereocenters. The van der Waals surface area contributed by atoms with Gasteiger partial charge in [0.1, 0.15) is 0 Å². The van der Waals surface area contributed by atoms with E-state index in [0.717, 1.165) is 12.8 Å². The Hall–Kier alpha value is -1.63. The molecule has 2 atom stereocenters. The highest BCUT2D eigenvalue weighted by molar-refractivity contribution is 6.02. The first-order valence-electron chi connectivity index (χ1n) is 7.38. The van der Waals surface area contributed by atoms with E-state index in [2.05, 4.69) is 5.32 Å². The number of hydrogen-bond donors (Lipinski definition) is 2. The number of esters is 2. The van der Waals surface area contributed by atoms with E-state index in [1.807, 2.05) is 0 Å². The van der Waals surface area contributed by atoms with Gasteiger partial charge in [-0.25, -0.2) is 9.59 Å².